The van der Waals surface area contributed by atoms with Gasteiger partial charge in [0.1, 0.15) is 11.5 Å². The maximum absolute atomic E-state index is 12.4. The summed E-state index contributed by atoms with van der Waals surface area (Å²) in [6.45, 7) is 7.25. The van der Waals surface area contributed by atoms with Gasteiger partial charge in [-0.1, -0.05) is 17.7 Å². The van der Waals surface area contributed by atoms with Crippen molar-refractivity contribution in [2.24, 2.45) is 0 Å². The number of ether oxygens (including phenoxy) is 1. The number of nitrogens with one attached hydrogen (secondary N) is 1. The SMILES string of the molecule is Cc1ccc(OCn2cc(NC(=O)c3ccc(CN4CCCC4)o3)cn2)c(C)c1. The third-order valence-electron chi connectivity index (χ3n) is 5.04. The number of aromatic nitrogens is 2. The molecule has 1 aliphatic rings. The zero-order valence-electron chi connectivity index (χ0n) is 16.9. The molecule has 0 atom stereocenters. The van der Waals surface area contributed by atoms with Gasteiger partial charge in [0.2, 0.25) is 0 Å². The van der Waals surface area contributed by atoms with Gasteiger partial charge < -0.3 is 14.5 Å². The number of rotatable bonds is 7. The van der Waals surface area contributed by atoms with Crippen LogP contribution in [0.25, 0.3) is 0 Å². The molecule has 1 fully saturated rings. The number of likely N-dealkylation sites (tertiary alicyclic amines) is 1. The normalized spacial score (nSPS) is 14.3. The Labute approximate surface area is 170 Å². The van der Waals surface area contributed by atoms with Gasteiger partial charge in [0.25, 0.3) is 5.91 Å². The molecule has 3 heterocycles. The van der Waals surface area contributed by atoms with Crippen LogP contribution in [0.5, 0.6) is 5.75 Å². The van der Waals surface area contributed by atoms with Crippen LogP contribution >= 0.6 is 0 Å². The first-order valence-electron chi connectivity index (χ1n) is 9.92. The number of carbonyl (C=O) groups is 1. The van der Waals surface area contributed by atoms with Crippen molar-refractivity contribution in [2.45, 2.75) is 40.0 Å². The van der Waals surface area contributed by atoms with E-state index in [2.05, 4.69) is 21.4 Å². The second kappa shape index (κ2) is 8.53. The molecule has 7 heteroatoms. The van der Waals surface area contributed by atoms with Crippen LogP contribution in [-0.4, -0.2) is 33.7 Å². The smallest absolute Gasteiger partial charge is 0.291 e. The van der Waals surface area contributed by atoms with E-state index in [1.54, 1.807) is 23.1 Å². The van der Waals surface area contributed by atoms with Gasteiger partial charge in [0, 0.05) is 0 Å². The number of anilines is 1. The van der Waals surface area contributed by atoms with Crippen LogP contribution in [0.4, 0.5) is 5.69 Å². The number of amides is 1. The van der Waals surface area contributed by atoms with Gasteiger partial charge in [-0.15, -0.1) is 0 Å². The van der Waals surface area contributed by atoms with Crippen LogP contribution in [0.15, 0.2) is 47.1 Å². The Hall–Kier alpha value is -3.06. The van der Waals surface area contributed by atoms with Crippen molar-refractivity contribution < 1.29 is 13.9 Å². The fourth-order valence-corrected chi connectivity index (χ4v) is 3.53. The number of benzene rings is 1. The predicted molar refractivity (Wildman–Crippen MR) is 110 cm³/mol. The molecule has 0 saturated carbocycles. The van der Waals surface area contributed by atoms with Crippen LogP contribution < -0.4 is 10.1 Å². The maximum Gasteiger partial charge on any atom is 0.291 e. The molecule has 0 bridgehead atoms. The molecule has 7 nitrogen and oxygen atoms in total. The molecule has 0 spiro atoms. The summed E-state index contributed by atoms with van der Waals surface area (Å²) in [7, 11) is 0. The first kappa shape index (κ1) is 19.3. The van der Waals surface area contributed by atoms with Gasteiger partial charge >= 0.3 is 0 Å². The van der Waals surface area contributed by atoms with Crippen LogP contribution in [-0.2, 0) is 13.3 Å². The van der Waals surface area contributed by atoms with Gasteiger partial charge in [-0.05, 0) is 63.5 Å². The molecular formula is C22H26N4O3. The minimum Gasteiger partial charge on any atom is -0.471 e. The fraction of sp³-hybridized carbons (Fsp3) is 0.364. The van der Waals surface area contributed by atoms with Crippen molar-refractivity contribution in [3.8, 4) is 5.75 Å². The molecule has 1 N–H and O–H groups in total. The van der Waals surface area contributed by atoms with Crippen molar-refractivity contribution in [3.63, 3.8) is 0 Å². The molecule has 4 rings (SSSR count). The molecule has 1 amide bonds. The summed E-state index contributed by atoms with van der Waals surface area (Å²) in [6.07, 6.45) is 5.78. The molecule has 2 aromatic heterocycles. The molecule has 1 saturated heterocycles. The Balaban J connectivity index is 1.31. The lowest BCUT2D eigenvalue weighted by atomic mass is 10.1. The first-order valence-corrected chi connectivity index (χ1v) is 9.92. The number of hydrogen-bond acceptors (Lipinski definition) is 5. The topological polar surface area (TPSA) is 72.5 Å². The lowest BCUT2D eigenvalue weighted by molar-refractivity contribution is 0.0993. The highest BCUT2D eigenvalue weighted by Crippen LogP contribution is 2.20. The van der Waals surface area contributed by atoms with Crippen LogP contribution in [0.1, 0.15) is 40.3 Å². The average molecular weight is 394 g/mol. The van der Waals surface area contributed by atoms with Crippen molar-refractivity contribution in [1.29, 1.82) is 0 Å². The summed E-state index contributed by atoms with van der Waals surface area (Å²) in [5.74, 6) is 1.65. The number of nitrogens with zero attached hydrogens (tertiary/aromatic N) is 3. The van der Waals surface area contributed by atoms with Crippen LogP contribution in [0.3, 0.4) is 0 Å². The van der Waals surface area contributed by atoms with E-state index in [9.17, 15) is 4.79 Å². The summed E-state index contributed by atoms with van der Waals surface area (Å²) >= 11 is 0. The third-order valence-corrected chi connectivity index (χ3v) is 5.04. The highest BCUT2D eigenvalue weighted by molar-refractivity contribution is 6.02. The van der Waals surface area contributed by atoms with Crippen LogP contribution in [0, 0.1) is 13.8 Å². The van der Waals surface area contributed by atoms with E-state index in [0.717, 1.165) is 36.7 Å². The molecule has 3 aromatic rings. The zero-order valence-corrected chi connectivity index (χ0v) is 16.9. The van der Waals surface area contributed by atoms with E-state index in [0.29, 0.717) is 11.4 Å². The average Bonchev–Trinajstić information content (AvgIpc) is 3.44. The number of carbonyl (C=O) groups excluding carboxylic acids is 1. The van der Waals surface area contributed by atoms with Crippen molar-refractivity contribution in [3.05, 3.63) is 65.4 Å². The zero-order chi connectivity index (χ0) is 20.2. The fourth-order valence-electron chi connectivity index (χ4n) is 3.53. The Morgan fingerprint density at radius 1 is 1.21 bits per heavy atom. The Bertz CT molecular complexity index is 986. The number of hydrogen-bond donors (Lipinski definition) is 1. The molecule has 0 unspecified atom stereocenters. The molecule has 1 aromatic carbocycles. The van der Waals surface area contributed by atoms with Crippen molar-refractivity contribution >= 4 is 11.6 Å². The quantitative estimate of drug-likeness (QED) is 0.656. The Kier molecular flexibility index (Phi) is 5.67. The second-order valence-electron chi connectivity index (χ2n) is 7.51. The summed E-state index contributed by atoms with van der Waals surface area (Å²) < 4.78 is 13.2. The highest BCUT2D eigenvalue weighted by Gasteiger charge is 2.16. The summed E-state index contributed by atoms with van der Waals surface area (Å²) in [4.78, 5) is 14.8. The standard InChI is InChI=1S/C22H26N4O3/c1-16-5-7-20(17(2)11-16)28-15-26-13-18(12-23-26)24-22(27)21-8-6-19(29-21)14-25-9-3-4-10-25/h5-8,11-13H,3-4,9-10,14-15H2,1-2H3,(H,24,27). The van der Waals surface area contributed by atoms with Crippen molar-refractivity contribution in [1.82, 2.24) is 14.7 Å². The number of aryl methyl sites for hydroxylation is 2. The minimum absolute atomic E-state index is 0.264. The molecular weight excluding hydrogens is 368 g/mol. The van der Waals surface area contributed by atoms with Crippen molar-refractivity contribution in [2.75, 3.05) is 18.4 Å². The van der Waals surface area contributed by atoms with E-state index >= 15 is 0 Å². The van der Waals surface area contributed by atoms with Gasteiger partial charge in [0.15, 0.2) is 12.5 Å². The monoisotopic (exact) mass is 394 g/mol. The second-order valence-corrected chi connectivity index (χ2v) is 7.51. The highest BCUT2D eigenvalue weighted by atomic mass is 16.5. The lowest BCUT2D eigenvalue weighted by Crippen LogP contribution is -2.18. The van der Waals surface area contributed by atoms with E-state index < -0.39 is 0 Å². The Morgan fingerprint density at radius 3 is 2.83 bits per heavy atom. The Morgan fingerprint density at radius 2 is 2.03 bits per heavy atom. The first-order chi connectivity index (χ1) is 14.1. The minimum atomic E-state index is -0.285. The predicted octanol–water partition coefficient (Wildman–Crippen LogP) is 3.98. The van der Waals surface area contributed by atoms with E-state index in [1.807, 2.05) is 32.0 Å². The lowest BCUT2D eigenvalue weighted by Gasteiger charge is -2.11. The molecule has 1 aliphatic heterocycles. The van der Waals surface area contributed by atoms with Gasteiger partial charge in [-0.25, -0.2) is 4.68 Å². The number of furan rings is 1. The van der Waals surface area contributed by atoms with E-state index in [1.165, 1.54) is 18.4 Å². The van der Waals surface area contributed by atoms with Crippen LogP contribution in [0.2, 0.25) is 0 Å². The summed E-state index contributed by atoms with van der Waals surface area (Å²) in [5, 5.41) is 7.06. The van der Waals surface area contributed by atoms with Gasteiger partial charge in [0.05, 0.1) is 24.6 Å². The molecule has 0 radical (unpaired) electrons. The largest absolute Gasteiger partial charge is 0.471 e. The summed E-state index contributed by atoms with van der Waals surface area (Å²) in [5.41, 5.74) is 2.87. The van der Waals surface area contributed by atoms with Gasteiger partial charge in [-0.3, -0.25) is 9.69 Å². The third kappa shape index (κ3) is 4.86. The molecule has 0 aliphatic carbocycles. The van der Waals surface area contributed by atoms with Gasteiger partial charge in [-0.2, -0.15) is 5.10 Å². The molecule has 29 heavy (non-hydrogen) atoms. The maximum atomic E-state index is 12.4. The molecule has 152 valence electrons. The van der Waals surface area contributed by atoms with E-state index in [4.69, 9.17) is 9.15 Å². The van der Waals surface area contributed by atoms with E-state index in [-0.39, 0.29) is 12.6 Å². The summed E-state index contributed by atoms with van der Waals surface area (Å²) in [6, 6.07) is 9.63.